The van der Waals surface area contributed by atoms with Crippen molar-refractivity contribution in [1.82, 2.24) is 4.98 Å². The summed E-state index contributed by atoms with van der Waals surface area (Å²) in [5, 5.41) is 9.78. The molecule has 3 aromatic rings. The molecule has 27 heavy (non-hydrogen) atoms. The van der Waals surface area contributed by atoms with Crippen molar-refractivity contribution in [2.24, 2.45) is 0 Å². The highest BCUT2D eigenvalue weighted by Crippen LogP contribution is 2.39. The van der Waals surface area contributed by atoms with E-state index < -0.39 is 5.97 Å². The first-order valence-corrected chi connectivity index (χ1v) is 9.22. The van der Waals surface area contributed by atoms with Crippen LogP contribution in [0, 0.1) is 0 Å². The van der Waals surface area contributed by atoms with E-state index in [4.69, 9.17) is 30.6 Å². The van der Waals surface area contributed by atoms with Crippen LogP contribution in [-0.4, -0.2) is 36.0 Å². The lowest BCUT2D eigenvalue weighted by molar-refractivity contribution is -0.133. The second kappa shape index (κ2) is 8.37. The van der Waals surface area contributed by atoms with Crippen LogP contribution in [0.25, 0.3) is 22.6 Å². The number of benzene rings is 2. The molecule has 0 saturated carbocycles. The summed E-state index contributed by atoms with van der Waals surface area (Å²) in [6.45, 7) is 0. The number of aliphatic carboxylic acids is 1. The van der Waals surface area contributed by atoms with Crippen molar-refractivity contribution >= 4 is 29.3 Å². The number of ether oxygens (including phenoxy) is 2. The molecule has 0 atom stereocenters. The first kappa shape index (κ1) is 19.1. The molecule has 6 nitrogen and oxygen atoms in total. The standard InChI is InChI=1S/C19H16ClNO5S/c1-24-14-8-5-12(9-15(14)25-2)17-18(11-3-6-13(20)7-4-11)26-19(21-17)27-10-16(22)23/h3-9H,10H2,1-2H3,(H,22,23). The molecule has 1 heterocycles. The fraction of sp³-hybridized carbons (Fsp3) is 0.158. The Balaban J connectivity index is 2.09. The van der Waals surface area contributed by atoms with Crippen molar-refractivity contribution in [3.63, 3.8) is 0 Å². The molecule has 0 aliphatic rings. The molecule has 0 saturated heterocycles. The van der Waals surface area contributed by atoms with Crippen molar-refractivity contribution in [3.05, 3.63) is 47.5 Å². The summed E-state index contributed by atoms with van der Waals surface area (Å²) in [6, 6.07) is 12.5. The summed E-state index contributed by atoms with van der Waals surface area (Å²) in [4.78, 5) is 15.3. The van der Waals surface area contributed by atoms with Crippen LogP contribution < -0.4 is 9.47 Å². The van der Waals surface area contributed by atoms with Gasteiger partial charge in [-0.25, -0.2) is 4.98 Å². The van der Waals surface area contributed by atoms with Crippen LogP contribution >= 0.6 is 23.4 Å². The third-order valence-corrected chi connectivity index (χ3v) is 4.75. The number of oxazole rings is 1. The number of carbonyl (C=O) groups is 1. The molecule has 0 amide bonds. The molecule has 0 spiro atoms. The van der Waals surface area contributed by atoms with E-state index in [9.17, 15) is 4.79 Å². The van der Waals surface area contributed by atoms with Crippen molar-refractivity contribution in [2.45, 2.75) is 5.22 Å². The lowest BCUT2D eigenvalue weighted by Crippen LogP contribution is -1.97. The monoisotopic (exact) mass is 405 g/mol. The van der Waals surface area contributed by atoms with Crippen LogP contribution in [0.2, 0.25) is 5.02 Å². The average molecular weight is 406 g/mol. The number of aromatic nitrogens is 1. The maximum absolute atomic E-state index is 10.9. The van der Waals surface area contributed by atoms with Gasteiger partial charge < -0.3 is 19.0 Å². The SMILES string of the molecule is COc1ccc(-c2nc(SCC(=O)O)oc2-c2ccc(Cl)cc2)cc1OC. The van der Waals surface area contributed by atoms with Gasteiger partial charge in [0, 0.05) is 16.1 Å². The Morgan fingerprint density at radius 2 is 1.78 bits per heavy atom. The molecule has 0 bridgehead atoms. The second-order valence-corrected chi connectivity index (χ2v) is 6.78. The van der Waals surface area contributed by atoms with Gasteiger partial charge in [0.05, 0.1) is 14.2 Å². The fourth-order valence-corrected chi connectivity index (χ4v) is 3.13. The van der Waals surface area contributed by atoms with Gasteiger partial charge in [-0.2, -0.15) is 0 Å². The average Bonchev–Trinajstić information content (AvgIpc) is 3.10. The van der Waals surface area contributed by atoms with Crippen molar-refractivity contribution < 1.29 is 23.8 Å². The van der Waals surface area contributed by atoms with E-state index in [-0.39, 0.29) is 11.0 Å². The first-order chi connectivity index (χ1) is 13.0. The molecule has 140 valence electrons. The third kappa shape index (κ3) is 4.37. The molecule has 0 unspecified atom stereocenters. The first-order valence-electron chi connectivity index (χ1n) is 7.85. The van der Waals surface area contributed by atoms with E-state index in [0.717, 1.165) is 22.9 Å². The van der Waals surface area contributed by atoms with Gasteiger partial charge in [0.15, 0.2) is 17.3 Å². The maximum Gasteiger partial charge on any atom is 0.314 e. The summed E-state index contributed by atoms with van der Waals surface area (Å²) >= 11 is 6.99. The highest BCUT2D eigenvalue weighted by atomic mass is 35.5. The van der Waals surface area contributed by atoms with E-state index in [0.29, 0.717) is 28.0 Å². The Labute approximate surface area is 165 Å². The zero-order valence-electron chi connectivity index (χ0n) is 14.6. The van der Waals surface area contributed by atoms with Crippen molar-refractivity contribution in [3.8, 4) is 34.1 Å². The van der Waals surface area contributed by atoms with E-state index in [2.05, 4.69) is 4.98 Å². The minimum Gasteiger partial charge on any atom is -0.493 e. The predicted octanol–water partition coefficient (Wildman–Crippen LogP) is 4.86. The lowest BCUT2D eigenvalue weighted by atomic mass is 10.1. The predicted molar refractivity (Wildman–Crippen MR) is 104 cm³/mol. The van der Waals surface area contributed by atoms with Gasteiger partial charge in [0.25, 0.3) is 5.22 Å². The molecule has 1 N–H and O–H groups in total. The number of carboxylic acid groups (broad SMARTS) is 1. The van der Waals surface area contributed by atoms with Crippen LogP contribution in [0.4, 0.5) is 0 Å². The van der Waals surface area contributed by atoms with Gasteiger partial charge in [-0.15, -0.1) is 0 Å². The van der Waals surface area contributed by atoms with Gasteiger partial charge in [-0.3, -0.25) is 4.79 Å². The summed E-state index contributed by atoms with van der Waals surface area (Å²) in [5.74, 6) is 0.579. The minimum atomic E-state index is -0.945. The molecular formula is C19H16ClNO5S. The van der Waals surface area contributed by atoms with Gasteiger partial charge >= 0.3 is 5.97 Å². The number of methoxy groups -OCH3 is 2. The van der Waals surface area contributed by atoms with Crippen LogP contribution in [0.1, 0.15) is 0 Å². The number of rotatable bonds is 7. The summed E-state index contributed by atoms with van der Waals surface area (Å²) < 4.78 is 16.5. The Bertz CT molecular complexity index is 955. The Morgan fingerprint density at radius 1 is 1.11 bits per heavy atom. The molecule has 0 radical (unpaired) electrons. The molecule has 2 aromatic carbocycles. The molecule has 3 rings (SSSR count). The molecule has 8 heteroatoms. The second-order valence-electron chi connectivity index (χ2n) is 5.42. The lowest BCUT2D eigenvalue weighted by Gasteiger charge is -2.09. The number of nitrogens with zero attached hydrogens (tertiary/aromatic N) is 1. The molecule has 0 aliphatic carbocycles. The van der Waals surface area contributed by atoms with E-state index >= 15 is 0 Å². The van der Waals surface area contributed by atoms with E-state index in [1.807, 2.05) is 18.2 Å². The van der Waals surface area contributed by atoms with Crippen molar-refractivity contribution in [1.29, 1.82) is 0 Å². The van der Waals surface area contributed by atoms with Crippen LogP contribution in [0.15, 0.2) is 52.1 Å². The van der Waals surface area contributed by atoms with E-state index in [1.54, 1.807) is 38.5 Å². The summed E-state index contributed by atoms with van der Waals surface area (Å²) in [6.07, 6.45) is 0. The van der Waals surface area contributed by atoms with Gasteiger partial charge in [0.2, 0.25) is 0 Å². The third-order valence-electron chi connectivity index (χ3n) is 3.69. The number of hydrogen-bond donors (Lipinski definition) is 1. The zero-order chi connectivity index (χ0) is 19.4. The largest absolute Gasteiger partial charge is 0.493 e. The Hall–Kier alpha value is -2.64. The minimum absolute atomic E-state index is 0.147. The van der Waals surface area contributed by atoms with Gasteiger partial charge in [0.1, 0.15) is 11.4 Å². The smallest absolute Gasteiger partial charge is 0.314 e. The number of carboxylic acids is 1. The zero-order valence-corrected chi connectivity index (χ0v) is 16.1. The summed E-state index contributed by atoms with van der Waals surface area (Å²) in [5.41, 5.74) is 2.11. The topological polar surface area (TPSA) is 81.8 Å². The summed E-state index contributed by atoms with van der Waals surface area (Å²) in [7, 11) is 3.12. The number of hydrogen-bond acceptors (Lipinski definition) is 6. The molecular weight excluding hydrogens is 390 g/mol. The number of halogens is 1. The quantitative estimate of drug-likeness (QED) is 0.562. The molecule has 0 fully saturated rings. The van der Waals surface area contributed by atoms with Gasteiger partial charge in [-0.05, 0) is 42.5 Å². The van der Waals surface area contributed by atoms with Crippen LogP contribution in [-0.2, 0) is 4.79 Å². The van der Waals surface area contributed by atoms with E-state index in [1.165, 1.54) is 0 Å². The van der Waals surface area contributed by atoms with Crippen LogP contribution in [0.5, 0.6) is 11.5 Å². The van der Waals surface area contributed by atoms with Gasteiger partial charge in [-0.1, -0.05) is 23.4 Å². The fourth-order valence-electron chi connectivity index (χ4n) is 2.46. The Morgan fingerprint density at radius 3 is 2.41 bits per heavy atom. The van der Waals surface area contributed by atoms with Crippen molar-refractivity contribution in [2.75, 3.05) is 20.0 Å². The molecule has 0 aliphatic heterocycles. The Kier molecular flexibility index (Phi) is 5.93. The number of thioether (sulfide) groups is 1. The highest BCUT2D eigenvalue weighted by Gasteiger charge is 2.19. The highest BCUT2D eigenvalue weighted by molar-refractivity contribution is 7.99. The molecule has 1 aromatic heterocycles. The van der Waals surface area contributed by atoms with Crippen LogP contribution in [0.3, 0.4) is 0 Å². The maximum atomic E-state index is 10.9. The normalized spacial score (nSPS) is 10.6.